The Morgan fingerprint density at radius 1 is 1.56 bits per heavy atom. The molecule has 2 heterocycles. The molecule has 0 fully saturated rings. The van der Waals surface area contributed by atoms with E-state index in [1.165, 1.54) is 6.33 Å². The first-order valence-corrected chi connectivity index (χ1v) is 5.59. The van der Waals surface area contributed by atoms with Crippen molar-refractivity contribution in [3.05, 3.63) is 17.2 Å². The number of hydrogen-bond donors (Lipinski definition) is 1. The summed E-state index contributed by atoms with van der Waals surface area (Å²) in [6, 6.07) is 0. The van der Waals surface area contributed by atoms with Crippen molar-refractivity contribution in [3.63, 3.8) is 0 Å². The highest BCUT2D eigenvalue weighted by Gasteiger charge is 2.09. The second kappa shape index (κ2) is 5.47. The number of carbonyl (C=O) groups excluding carboxylic acids is 1. The van der Waals surface area contributed by atoms with Crippen LogP contribution in [0.15, 0.2) is 6.33 Å². The molecular weight excluding hydrogens is 256 g/mol. The monoisotopic (exact) mass is 264 g/mol. The summed E-state index contributed by atoms with van der Waals surface area (Å²) >= 11 is 5.92. The fraction of sp³-hybridized carbons (Fsp3) is 0.273. The van der Waals surface area contributed by atoms with E-state index in [0.29, 0.717) is 23.3 Å². The molecule has 0 atom stereocenters. The maximum atomic E-state index is 11.1. The van der Waals surface area contributed by atoms with E-state index in [4.69, 9.17) is 16.3 Å². The van der Waals surface area contributed by atoms with E-state index in [9.17, 15) is 4.79 Å². The van der Waals surface area contributed by atoms with Gasteiger partial charge in [0.2, 0.25) is 0 Å². The van der Waals surface area contributed by atoms with Gasteiger partial charge in [-0.2, -0.15) is 5.10 Å². The van der Waals surface area contributed by atoms with Crippen LogP contribution in [-0.4, -0.2) is 32.7 Å². The molecule has 0 saturated carbocycles. The SMILES string of the molecule is CCOC(=O)CC#Cc1[nH]nc2ncnc(Cl)c12. The second-order valence-corrected chi connectivity index (χ2v) is 3.60. The Labute approximate surface area is 108 Å². The number of nitrogens with zero attached hydrogens (tertiary/aromatic N) is 3. The van der Waals surface area contributed by atoms with Crippen molar-refractivity contribution < 1.29 is 9.53 Å². The summed E-state index contributed by atoms with van der Waals surface area (Å²) in [6.07, 6.45) is 1.33. The smallest absolute Gasteiger partial charge is 0.317 e. The van der Waals surface area contributed by atoms with Gasteiger partial charge in [-0.25, -0.2) is 9.97 Å². The number of carbonyl (C=O) groups is 1. The first kappa shape index (κ1) is 12.3. The van der Waals surface area contributed by atoms with E-state index < -0.39 is 0 Å². The Morgan fingerprint density at radius 3 is 3.17 bits per heavy atom. The molecule has 0 radical (unpaired) electrons. The van der Waals surface area contributed by atoms with Crippen molar-refractivity contribution in [2.75, 3.05) is 6.61 Å². The van der Waals surface area contributed by atoms with Gasteiger partial charge in [-0.05, 0) is 12.8 Å². The highest BCUT2D eigenvalue weighted by molar-refractivity contribution is 6.34. The number of nitrogens with one attached hydrogen (secondary N) is 1. The Bertz CT molecular complexity index is 641. The van der Waals surface area contributed by atoms with Crippen LogP contribution in [0.5, 0.6) is 0 Å². The lowest BCUT2D eigenvalue weighted by Gasteiger charge is -1.94. The average Bonchev–Trinajstić information content (AvgIpc) is 2.74. The molecule has 92 valence electrons. The number of aromatic nitrogens is 4. The highest BCUT2D eigenvalue weighted by atomic mass is 35.5. The number of hydrogen-bond acceptors (Lipinski definition) is 5. The second-order valence-electron chi connectivity index (χ2n) is 3.25. The van der Waals surface area contributed by atoms with Crippen LogP contribution in [0.3, 0.4) is 0 Å². The molecule has 1 N–H and O–H groups in total. The number of fused-ring (bicyclic) bond motifs is 1. The van der Waals surface area contributed by atoms with Crippen LogP contribution in [0, 0.1) is 11.8 Å². The molecule has 6 nitrogen and oxygen atoms in total. The minimum atomic E-state index is -0.365. The van der Waals surface area contributed by atoms with Gasteiger partial charge in [-0.1, -0.05) is 17.5 Å². The van der Waals surface area contributed by atoms with E-state index in [-0.39, 0.29) is 17.5 Å². The molecule has 0 aliphatic rings. The number of esters is 1. The maximum absolute atomic E-state index is 11.1. The van der Waals surface area contributed by atoms with E-state index >= 15 is 0 Å². The number of halogens is 1. The molecule has 0 bridgehead atoms. The van der Waals surface area contributed by atoms with E-state index in [1.54, 1.807) is 6.92 Å². The summed E-state index contributed by atoms with van der Waals surface area (Å²) in [6.45, 7) is 2.08. The van der Waals surface area contributed by atoms with Crippen LogP contribution in [-0.2, 0) is 9.53 Å². The molecule has 0 spiro atoms. The zero-order valence-corrected chi connectivity index (χ0v) is 10.3. The predicted octanol–water partition coefficient (Wildman–Crippen LogP) is 1.31. The Hall–Kier alpha value is -2.13. The van der Waals surface area contributed by atoms with Crippen LogP contribution in [0.4, 0.5) is 0 Å². The van der Waals surface area contributed by atoms with Crippen LogP contribution in [0.1, 0.15) is 19.0 Å². The number of H-pyrrole nitrogens is 1. The largest absolute Gasteiger partial charge is 0.465 e. The van der Waals surface area contributed by atoms with E-state index in [0.717, 1.165) is 0 Å². The molecule has 7 heteroatoms. The Balaban J connectivity index is 2.23. The maximum Gasteiger partial charge on any atom is 0.317 e. The standard InChI is InChI=1S/C11H9ClN4O2/c1-2-18-8(17)5-3-4-7-9-10(12)13-6-14-11(9)16-15-7/h6H,2,5H2,1H3,(H,13,14,15,16). The Morgan fingerprint density at radius 2 is 2.39 bits per heavy atom. The van der Waals surface area contributed by atoms with Gasteiger partial charge in [0, 0.05) is 0 Å². The summed E-state index contributed by atoms with van der Waals surface area (Å²) < 4.78 is 4.75. The summed E-state index contributed by atoms with van der Waals surface area (Å²) in [7, 11) is 0. The van der Waals surface area contributed by atoms with Gasteiger partial charge in [-0.3, -0.25) is 9.89 Å². The van der Waals surface area contributed by atoms with Gasteiger partial charge in [0.1, 0.15) is 23.6 Å². The Kier molecular flexibility index (Phi) is 3.75. The van der Waals surface area contributed by atoms with Gasteiger partial charge < -0.3 is 4.74 Å². The summed E-state index contributed by atoms with van der Waals surface area (Å²) in [5, 5.41) is 7.46. The third kappa shape index (κ3) is 2.57. The minimum Gasteiger partial charge on any atom is -0.465 e. The molecule has 2 aromatic heterocycles. The molecular formula is C11H9ClN4O2. The highest BCUT2D eigenvalue weighted by Crippen LogP contribution is 2.19. The van der Waals surface area contributed by atoms with Gasteiger partial charge in [-0.15, -0.1) is 0 Å². The molecule has 18 heavy (non-hydrogen) atoms. The molecule has 0 unspecified atom stereocenters. The quantitative estimate of drug-likeness (QED) is 0.502. The average molecular weight is 265 g/mol. The minimum absolute atomic E-state index is 0.0136. The van der Waals surface area contributed by atoms with Crippen molar-refractivity contribution in [1.29, 1.82) is 0 Å². The van der Waals surface area contributed by atoms with Crippen molar-refractivity contribution in [3.8, 4) is 11.8 Å². The third-order valence-corrected chi connectivity index (χ3v) is 2.34. The van der Waals surface area contributed by atoms with Gasteiger partial charge in [0.05, 0.1) is 12.0 Å². The van der Waals surface area contributed by atoms with Crippen molar-refractivity contribution in [2.24, 2.45) is 0 Å². The van der Waals surface area contributed by atoms with Crippen LogP contribution >= 0.6 is 11.6 Å². The predicted molar refractivity (Wildman–Crippen MR) is 64.8 cm³/mol. The molecule has 2 rings (SSSR count). The zero-order chi connectivity index (χ0) is 13.0. The van der Waals surface area contributed by atoms with Crippen LogP contribution in [0.2, 0.25) is 5.15 Å². The normalized spacial score (nSPS) is 9.89. The fourth-order valence-electron chi connectivity index (χ4n) is 1.33. The summed E-state index contributed by atoms with van der Waals surface area (Å²) in [4.78, 5) is 18.9. The molecule has 0 aromatic carbocycles. The summed E-state index contributed by atoms with van der Waals surface area (Å²) in [5.74, 6) is 5.08. The molecule has 0 amide bonds. The van der Waals surface area contributed by atoms with Gasteiger partial charge >= 0.3 is 5.97 Å². The number of ether oxygens (including phenoxy) is 1. The van der Waals surface area contributed by atoms with Crippen LogP contribution in [0.25, 0.3) is 11.0 Å². The van der Waals surface area contributed by atoms with E-state index in [1.807, 2.05) is 0 Å². The number of aromatic amines is 1. The molecule has 0 aliphatic carbocycles. The lowest BCUT2D eigenvalue weighted by atomic mass is 10.3. The van der Waals surface area contributed by atoms with Crippen molar-refractivity contribution in [2.45, 2.75) is 13.3 Å². The lowest BCUT2D eigenvalue weighted by molar-refractivity contribution is -0.141. The van der Waals surface area contributed by atoms with E-state index in [2.05, 4.69) is 32.0 Å². The fourth-order valence-corrected chi connectivity index (χ4v) is 1.55. The van der Waals surface area contributed by atoms with Crippen molar-refractivity contribution in [1.82, 2.24) is 20.2 Å². The van der Waals surface area contributed by atoms with Gasteiger partial charge in [0.15, 0.2) is 5.65 Å². The number of rotatable bonds is 2. The topological polar surface area (TPSA) is 80.8 Å². The zero-order valence-electron chi connectivity index (χ0n) is 9.53. The third-order valence-electron chi connectivity index (χ3n) is 2.06. The molecule has 2 aromatic rings. The lowest BCUT2D eigenvalue weighted by Crippen LogP contribution is -2.01. The molecule has 0 saturated heterocycles. The molecule has 0 aliphatic heterocycles. The summed E-state index contributed by atoms with van der Waals surface area (Å²) in [5.41, 5.74) is 0.926. The van der Waals surface area contributed by atoms with Gasteiger partial charge in [0.25, 0.3) is 0 Å². The first-order chi connectivity index (χ1) is 8.72. The van der Waals surface area contributed by atoms with Crippen LogP contribution < -0.4 is 0 Å². The van der Waals surface area contributed by atoms with Crippen molar-refractivity contribution >= 4 is 28.6 Å². The first-order valence-electron chi connectivity index (χ1n) is 5.21.